The molecule has 248 valence electrons. The summed E-state index contributed by atoms with van der Waals surface area (Å²) in [6.45, 7) is 1.64. The van der Waals surface area contributed by atoms with E-state index in [-0.39, 0.29) is 18.3 Å². The molecular formula is C41H38N2O5S. The van der Waals surface area contributed by atoms with Crippen LogP contribution in [0.25, 0.3) is 11.1 Å². The van der Waals surface area contributed by atoms with Crippen molar-refractivity contribution in [1.29, 1.82) is 0 Å². The second kappa shape index (κ2) is 15.3. The van der Waals surface area contributed by atoms with Crippen LogP contribution in [0.3, 0.4) is 0 Å². The number of benzene rings is 5. The number of nitrogens with one attached hydrogen (secondary N) is 2. The average molecular weight is 671 g/mol. The van der Waals surface area contributed by atoms with Crippen LogP contribution in [0, 0.1) is 0 Å². The van der Waals surface area contributed by atoms with Crippen LogP contribution in [0.15, 0.2) is 140 Å². The number of amides is 2. The topological polar surface area (TPSA) is 93.7 Å². The van der Waals surface area contributed by atoms with Crippen LogP contribution in [0.5, 0.6) is 0 Å². The van der Waals surface area contributed by atoms with Crippen LogP contribution in [-0.2, 0) is 23.8 Å². The van der Waals surface area contributed by atoms with Gasteiger partial charge in [-0.15, -0.1) is 11.8 Å². The van der Waals surface area contributed by atoms with Crippen molar-refractivity contribution >= 4 is 29.7 Å². The highest BCUT2D eigenvalue weighted by Crippen LogP contribution is 2.49. The minimum Gasteiger partial charge on any atom is -0.467 e. The smallest absolute Gasteiger partial charge is 0.407 e. The standard InChI is InChI=1S/C41H38N2O5S/c1-28(39(45)47-2)42-38(44)37(43-40(46)48-26-36-34-24-14-12-22-32(34)33-23-13-15-25-35(33)36)27-49-41(29-16-6-3-7-17-29,30-18-8-4-9-19-30)31-20-10-5-11-21-31/h3-25,28,36-37H,26-27H2,1-2H3,(H,42,44)(H,43,46)/t28-,37+/m1/s1. The van der Waals surface area contributed by atoms with E-state index in [2.05, 4.69) is 71.3 Å². The number of ether oxygens (including phenoxy) is 2. The molecule has 0 fully saturated rings. The van der Waals surface area contributed by atoms with Crippen molar-refractivity contribution in [3.05, 3.63) is 167 Å². The number of carbonyl (C=O) groups excluding carboxylic acids is 3. The number of esters is 1. The Hall–Kier alpha value is -5.34. The van der Waals surface area contributed by atoms with Gasteiger partial charge in [-0.25, -0.2) is 9.59 Å². The fraction of sp³-hybridized carbons (Fsp3) is 0.195. The zero-order chi connectivity index (χ0) is 34.2. The summed E-state index contributed by atoms with van der Waals surface area (Å²) in [7, 11) is 1.27. The van der Waals surface area contributed by atoms with E-state index in [1.54, 1.807) is 6.92 Å². The van der Waals surface area contributed by atoms with Crippen molar-refractivity contribution < 1.29 is 23.9 Å². The monoisotopic (exact) mass is 670 g/mol. The zero-order valence-electron chi connectivity index (χ0n) is 27.4. The highest BCUT2D eigenvalue weighted by molar-refractivity contribution is 8.00. The molecule has 0 unspecified atom stereocenters. The van der Waals surface area contributed by atoms with Gasteiger partial charge in [-0.3, -0.25) is 4.79 Å². The third-order valence-electron chi connectivity index (χ3n) is 8.87. The van der Waals surface area contributed by atoms with E-state index in [9.17, 15) is 14.4 Å². The van der Waals surface area contributed by atoms with E-state index < -0.39 is 34.8 Å². The molecule has 5 aromatic carbocycles. The van der Waals surface area contributed by atoms with Crippen LogP contribution in [0.2, 0.25) is 0 Å². The van der Waals surface area contributed by atoms with Crippen LogP contribution >= 0.6 is 11.8 Å². The number of hydrogen-bond donors (Lipinski definition) is 2. The summed E-state index contributed by atoms with van der Waals surface area (Å²) in [5, 5.41) is 5.55. The van der Waals surface area contributed by atoms with Crippen molar-refractivity contribution in [1.82, 2.24) is 10.6 Å². The summed E-state index contributed by atoms with van der Waals surface area (Å²) >= 11 is 1.53. The zero-order valence-corrected chi connectivity index (χ0v) is 28.2. The second-order valence-electron chi connectivity index (χ2n) is 11.9. The number of alkyl carbamates (subject to hydrolysis) is 1. The molecule has 0 saturated carbocycles. The Kier molecular flexibility index (Phi) is 10.4. The van der Waals surface area contributed by atoms with Gasteiger partial charge in [-0.05, 0) is 45.9 Å². The molecule has 7 nitrogen and oxygen atoms in total. The van der Waals surface area contributed by atoms with Gasteiger partial charge in [0.05, 0.1) is 11.9 Å². The number of fused-ring (bicyclic) bond motifs is 3. The summed E-state index contributed by atoms with van der Waals surface area (Å²) in [5.41, 5.74) is 7.47. The van der Waals surface area contributed by atoms with Gasteiger partial charge in [0.1, 0.15) is 18.7 Å². The SMILES string of the molecule is COC(=O)[C@@H](C)NC(=O)[C@H](CSC(c1ccccc1)(c1ccccc1)c1ccccc1)NC(=O)OCC1c2ccccc2-c2ccccc21. The first-order valence-corrected chi connectivity index (χ1v) is 17.2. The number of methoxy groups -OCH3 is 1. The van der Waals surface area contributed by atoms with Gasteiger partial charge in [-0.2, -0.15) is 0 Å². The molecule has 0 aliphatic heterocycles. The predicted octanol–water partition coefficient (Wildman–Crippen LogP) is 7.30. The highest BCUT2D eigenvalue weighted by Gasteiger charge is 2.39. The fourth-order valence-electron chi connectivity index (χ4n) is 6.49. The Labute approximate surface area is 291 Å². The average Bonchev–Trinajstić information content (AvgIpc) is 3.48. The Balaban J connectivity index is 1.29. The normalized spacial score (nSPS) is 13.3. The molecule has 0 heterocycles. The van der Waals surface area contributed by atoms with Gasteiger partial charge >= 0.3 is 12.1 Å². The van der Waals surface area contributed by atoms with E-state index in [0.717, 1.165) is 38.9 Å². The van der Waals surface area contributed by atoms with Crippen molar-refractivity contribution in [2.45, 2.75) is 29.7 Å². The number of thioether (sulfide) groups is 1. The Morgan fingerprint density at radius 2 is 1.12 bits per heavy atom. The first-order valence-electron chi connectivity index (χ1n) is 16.2. The molecule has 0 bridgehead atoms. The predicted molar refractivity (Wildman–Crippen MR) is 193 cm³/mol. The molecule has 1 aliphatic carbocycles. The van der Waals surface area contributed by atoms with Gasteiger partial charge in [0.25, 0.3) is 0 Å². The molecule has 6 rings (SSSR count). The molecule has 5 aromatic rings. The minimum absolute atomic E-state index is 0.0991. The van der Waals surface area contributed by atoms with Gasteiger partial charge in [-0.1, -0.05) is 140 Å². The molecule has 1 aliphatic rings. The Morgan fingerprint density at radius 3 is 1.59 bits per heavy atom. The van der Waals surface area contributed by atoms with Crippen molar-refractivity contribution in [3.63, 3.8) is 0 Å². The molecule has 0 aromatic heterocycles. The lowest BCUT2D eigenvalue weighted by atomic mass is 9.84. The molecule has 8 heteroatoms. The van der Waals surface area contributed by atoms with Crippen molar-refractivity contribution in [2.24, 2.45) is 0 Å². The summed E-state index contributed by atoms with van der Waals surface area (Å²) in [6.07, 6.45) is -0.724. The third-order valence-corrected chi connectivity index (χ3v) is 10.5. The Bertz CT molecular complexity index is 1760. The van der Waals surface area contributed by atoms with Crippen molar-refractivity contribution in [3.8, 4) is 11.1 Å². The first kappa shape index (κ1) is 33.6. The summed E-state index contributed by atoms with van der Waals surface area (Å²) in [6, 6.07) is 44.5. The molecule has 0 saturated heterocycles. The largest absolute Gasteiger partial charge is 0.467 e. The third kappa shape index (κ3) is 7.10. The van der Waals surface area contributed by atoms with Gasteiger partial charge in [0, 0.05) is 11.7 Å². The van der Waals surface area contributed by atoms with Crippen LogP contribution < -0.4 is 10.6 Å². The van der Waals surface area contributed by atoms with Crippen LogP contribution in [-0.4, -0.2) is 49.5 Å². The number of carbonyl (C=O) groups is 3. The maximum absolute atomic E-state index is 13.8. The summed E-state index contributed by atoms with van der Waals surface area (Å²) in [5.74, 6) is -1.10. The minimum atomic E-state index is -1.05. The molecule has 0 spiro atoms. The second-order valence-corrected chi connectivity index (χ2v) is 13.1. The fourth-order valence-corrected chi connectivity index (χ4v) is 8.05. The van der Waals surface area contributed by atoms with Gasteiger partial charge in [0.15, 0.2) is 0 Å². The number of rotatable bonds is 12. The van der Waals surface area contributed by atoms with E-state index >= 15 is 0 Å². The molecular weight excluding hydrogens is 633 g/mol. The lowest BCUT2D eigenvalue weighted by Gasteiger charge is -2.36. The molecule has 0 radical (unpaired) electrons. The van der Waals surface area contributed by atoms with E-state index in [4.69, 9.17) is 9.47 Å². The first-order chi connectivity index (χ1) is 23.9. The number of hydrogen-bond acceptors (Lipinski definition) is 6. The summed E-state index contributed by atoms with van der Waals surface area (Å²) < 4.78 is 9.96. The highest BCUT2D eigenvalue weighted by atomic mass is 32.2. The molecule has 2 amide bonds. The van der Waals surface area contributed by atoms with Crippen LogP contribution in [0.4, 0.5) is 4.79 Å². The van der Waals surface area contributed by atoms with Gasteiger partial charge < -0.3 is 20.1 Å². The maximum Gasteiger partial charge on any atom is 0.407 e. The molecule has 2 N–H and O–H groups in total. The van der Waals surface area contributed by atoms with Crippen LogP contribution in [0.1, 0.15) is 40.7 Å². The summed E-state index contributed by atoms with van der Waals surface area (Å²) in [4.78, 5) is 39.6. The molecule has 2 atom stereocenters. The van der Waals surface area contributed by atoms with E-state index in [0.29, 0.717) is 0 Å². The lowest BCUT2D eigenvalue weighted by Crippen LogP contribution is -2.52. The van der Waals surface area contributed by atoms with Crippen molar-refractivity contribution in [2.75, 3.05) is 19.5 Å². The Morgan fingerprint density at radius 1 is 0.673 bits per heavy atom. The quantitative estimate of drug-likeness (QED) is 0.107. The lowest BCUT2D eigenvalue weighted by molar-refractivity contribution is -0.144. The molecule has 49 heavy (non-hydrogen) atoms. The van der Waals surface area contributed by atoms with E-state index in [1.807, 2.05) is 78.9 Å². The van der Waals surface area contributed by atoms with E-state index in [1.165, 1.54) is 18.9 Å². The van der Waals surface area contributed by atoms with Gasteiger partial charge in [0.2, 0.25) is 5.91 Å². The maximum atomic E-state index is 13.8.